The maximum atomic E-state index is 13.6. The van der Waals surface area contributed by atoms with E-state index in [1.165, 1.54) is 24.3 Å². The first-order valence-electron chi connectivity index (χ1n) is 10.5. The molecule has 35 heavy (non-hydrogen) atoms. The van der Waals surface area contributed by atoms with Crippen molar-refractivity contribution >= 4 is 28.0 Å². The number of carboxylic acids is 1. The molecular formula is C22H28FN3O8S. The van der Waals surface area contributed by atoms with Crippen LogP contribution in [0.1, 0.15) is 43.9 Å². The minimum atomic E-state index is -4.01. The van der Waals surface area contributed by atoms with Crippen molar-refractivity contribution in [3.05, 3.63) is 57.8 Å². The van der Waals surface area contributed by atoms with E-state index in [2.05, 4.69) is 0 Å². The lowest BCUT2D eigenvalue weighted by atomic mass is 9.97. The van der Waals surface area contributed by atoms with Crippen LogP contribution < -0.4 is 13.8 Å². The Morgan fingerprint density at radius 1 is 1.17 bits per heavy atom. The van der Waals surface area contributed by atoms with Gasteiger partial charge in [0.2, 0.25) is 0 Å². The van der Waals surface area contributed by atoms with E-state index < -0.39 is 52.3 Å². The van der Waals surface area contributed by atoms with E-state index in [-0.39, 0.29) is 38.4 Å². The third kappa shape index (κ3) is 6.65. The highest BCUT2D eigenvalue weighted by atomic mass is 32.2. The Labute approximate surface area is 202 Å². The van der Waals surface area contributed by atoms with E-state index >= 15 is 0 Å². The van der Waals surface area contributed by atoms with Gasteiger partial charge in [-0.3, -0.25) is 4.79 Å². The molecule has 1 aromatic heterocycles. The lowest BCUT2D eigenvalue weighted by molar-refractivity contribution is -0.719. The number of aromatic nitrogens is 2. The topological polar surface area (TPSA) is 169 Å². The van der Waals surface area contributed by atoms with Crippen LogP contribution in [-0.4, -0.2) is 55.2 Å². The molecule has 0 amide bonds. The van der Waals surface area contributed by atoms with Gasteiger partial charge in [-0.25, -0.2) is 4.39 Å². The molecule has 0 saturated carbocycles. The number of hydrogen-bond donors (Lipinski definition) is 3. The number of nitrogens with zero attached hydrogens (tertiary/aromatic N) is 3. The Balaban J connectivity index is 2.80. The molecule has 0 unspecified atom stereocenters. The summed E-state index contributed by atoms with van der Waals surface area (Å²) in [6, 6.07) is 4.75. The van der Waals surface area contributed by atoms with E-state index in [9.17, 15) is 38.2 Å². The average Bonchev–Trinajstić information content (AvgIpc) is 2.71. The van der Waals surface area contributed by atoms with Gasteiger partial charge in [0.05, 0.1) is 30.4 Å². The van der Waals surface area contributed by atoms with Crippen molar-refractivity contribution in [3.63, 3.8) is 0 Å². The van der Waals surface area contributed by atoms with Crippen LogP contribution in [0.15, 0.2) is 30.3 Å². The number of sulfonamides is 1. The lowest BCUT2D eigenvalue weighted by Crippen LogP contribution is -2.54. The molecule has 0 aliphatic heterocycles. The number of halogens is 1. The molecule has 0 radical (unpaired) electrons. The van der Waals surface area contributed by atoms with E-state index in [1.54, 1.807) is 13.8 Å². The Kier molecular flexibility index (Phi) is 8.76. The van der Waals surface area contributed by atoms with Gasteiger partial charge in [-0.2, -0.15) is 8.42 Å². The van der Waals surface area contributed by atoms with Gasteiger partial charge < -0.3 is 25.7 Å². The summed E-state index contributed by atoms with van der Waals surface area (Å²) < 4.78 is 38.7. The van der Waals surface area contributed by atoms with Gasteiger partial charge in [-0.15, -0.1) is 9.46 Å². The molecule has 2 atom stereocenters. The molecule has 0 saturated heterocycles. The quantitative estimate of drug-likeness (QED) is 0.311. The first-order chi connectivity index (χ1) is 16.1. The van der Waals surface area contributed by atoms with E-state index in [0.29, 0.717) is 4.31 Å². The summed E-state index contributed by atoms with van der Waals surface area (Å²) in [5.41, 5.74) is 0.0402. The first kappa shape index (κ1) is 28.0. The molecule has 1 heterocycles. The number of hydrogen-bond acceptors (Lipinski definition) is 7. The second kappa shape index (κ2) is 11.0. The highest BCUT2D eigenvalue weighted by Gasteiger charge is 2.38. The third-order valence-electron chi connectivity index (χ3n) is 5.17. The monoisotopic (exact) mass is 513 g/mol. The van der Waals surface area contributed by atoms with Gasteiger partial charge in [0, 0.05) is 17.9 Å². The summed E-state index contributed by atoms with van der Waals surface area (Å²) in [6.45, 7) is 3.28. The van der Waals surface area contributed by atoms with Crippen LogP contribution in [0.5, 0.6) is 0 Å². The van der Waals surface area contributed by atoms with Gasteiger partial charge in [-0.05, 0) is 30.3 Å². The maximum Gasteiger partial charge on any atom is 0.555 e. The molecule has 192 valence electrons. The fraction of sp³-hybridized carbons (Fsp3) is 0.409. The van der Waals surface area contributed by atoms with Crippen molar-refractivity contribution < 1.29 is 42.4 Å². The molecule has 2 aromatic rings. The van der Waals surface area contributed by atoms with Crippen molar-refractivity contribution in [2.75, 3.05) is 17.6 Å². The minimum Gasteiger partial charge on any atom is -0.675 e. The van der Waals surface area contributed by atoms with Crippen LogP contribution >= 0.6 is 0 Å². The maximum absolute atomic E-state index is 13.6. The van der Waals surface area contributed by atoms with Gasteiger partial charge in [-0.1, -0.05) is 24.2 Å². The predicted molar refractivity (Wildman–Crippen MR) is 125 cm³/mol. The van der Waals surface area contributed by atoms with Crippen molar-refractivity contribution in [2.24, 2.45) is 0 Å². The number of rotatable bonds is 10. The zero-order valence-electron chi connectivity index (χ0n) is 19.6. The summed E-state index contributed by atoms with van der Waals surface area (Å²) in [4.78, 5) is 10.7. The van der Waals surface area contributed by atoms with Crippen LogP contribution in [0.2, 0.25) is 0 Å². The molecule has 0 bridgehead atoms. The van der Waals surface area contributed by atoms with Crippen LogP contribution in [-0.2, 0) is 14.8 Å². The molecular weight excluding hydrogens is 485 g/mol. The highest BCUT2D eigenvalue weighted by Crippen LogP contribution is 2.29. The highest BCUT2D eigenvalue weighted by molar-refractivity contribution is 7.92. The summed E-state index contributed by atoms with van der Waals surface area (Å²) in [5, 5.41) is 55.4. The van der Waals surface area contributed by atoms with Crippen LogP contribution in [0.4, 0.5) is 10.3 Å². The number of aliphatic hydroxyl groups is 2. The van der Waals surface area contributed by atoms with Crippen LogP contribution in [0, 0.1) is 16.2 Å². The van der Waals surface area contributed by atoms with Crippen molar-refractivity contribution in [1.29, 1.82) is 0 Å². The zero-order valence-corrected chi connectivity index (χ0v) is 20.4. The number of anilines is 1. The Morgan fingerprint density at radius 2 is 1.74 bits per heavy atom. The number of aliphatic hydroxyl groups excluding tert-OH is 2. The zero-order chi connectivity index (χ0) is 26.7. The molecule has 11 nitrogen and oxygen atoms in total. The molecule has 13 heteroatoms. The summed E-state index contributed by atoms with van der Waals surface area (Å²) >= 11 is 0. The van der Waals surface area contributed by atoms with Gasteiger partial charge in [0.15, 0.2) is 11.4 Å². The van der Waals surface area contributed by atoms with Crippen LogP contribution in [0.3, 0.4) is 0 Å². The second-order valence-corrected chi connectivity index (χ2v) is 10.4. The van der Waals surface area contributed by atoms with E-state index in [1.807, 2.05) is 0 Å². The smallest absolute Gasteiger partial charge is 0.555 e. The normalized spacial score (nSPS) is 13.8. The summed E-state index contributed by atoms with van der Waals surface area (Å²) in [5.74, 6) is -3.11. The number of carboxylic acid groups (broad SMARTS) is 1. The predicted octanol–water partition coefficient (Wildman–Crippen LogP) is 0.878. The fourth-order valence-corrected chi connectivity index (χ4v) is 3.92. The van der Waals surface area contributed by atoms with E-state index in [0.717, 1.165) is 25.4 Å². The SMILES string of the molecule is CC(C)c1c(/C=C/[C@@H](O)C[C@@H](O)CC(=O)O)c(-c2ccc(F)cc2)[n+]([O-])c(N(C)S(C)(=O)=O)[n+]1[O-]. The van der Waals surface area contributed by atoms with Gasteiger partial charge in [0.1, 0.15) is 12.9 Å². The number of aliphatic carboxylic acids is 1. The largest absolute Gasteiger partial charge is 0.675 e. The standard InChI is InChI=1S/C22H28FN3O8S/c1-13(2)20-18(10-9-16(27)11-17(28)12-19(29)30)21(14-5-7-15(23)8-6-14)26(32)22(25(20)31)24(3)35(4,33)34/h5-10,13,16-17,27-28H,11-12H2,1-4H3,(H,29,30)/b10-9+/t16-,17-/m1/s1. The Hall–Kier alpha value is -3.29. The third-order valence-corrected chi connectivity index (χ3v) is 6.33. The first-order valence-corrected chi connectivity index (χ1v) is 12.4. The molecule has 0 aliphatic carbocycles. The molecule has 0 aliphatic rings. The second-order valence-electron chi connectivity index (χ2n) is 8.34. The summed E-state index contributed by atoms with van der Waals surface area (Å²) in [7, 11) is -2.96. The summed E-state index contributed by atoms with van der Waals surface area (Å²) in [6.07, 6.45) is -0.312. The molecule has 3 N–H and O–H groups in total. The van der Waals surface area contributed by atoms with Gasteiger partial charge in [0.25, 0.3) is 0 Å². The molecule has 1 aromatic carbocycles. The fourth-order valence-electron chi connectivity index (χ4n) is 3.47. The van der Waals surface area contributed by atoms with Crippen LogP contribution in [0.25, 0.3) is 17.3 Å². The number of carbonyl (C=O) groups is 1. The van der Waals surface area contributed by atoms with Gasteiger partial charge >= 0.3 is 21.9 Å². The molecule has 0 spiro atoms. The van der Waals surface area contributed by atoms with Crippen molar-refractivity contribution in [2.45, 2.75) is 44.8 Å². The van der Waals surface area contributed by atoms with E-state index in [4.69, 9.17) is 5.11 Å². The Morgan fingerprint density at radius 3 is 2.23 bits per heavy atom. The minimum absolute atomic E-state index is 0.00328. The average molecular weight is 514 g/mol. The molecule has 0 fully saturated rings. The number of benzene rings is 1. The van der Waals surface area contributed by atoms with Crippen molar-refractivity contribution in [3.8, 4) is 11.3 Å². The van der Waals surface area contributed by atoms with Crippen molar-refractivity contribution in [1.82, 2.24) is 0 Å². The molecule has 2 rings (SSSR count). The Bertz CT molecular complexity index is 1220. The lowest BCUT2D eigenvalue weighted by Gasteiger charge is -2.22.